The van der Waals surface area contributed by atoms with Gasteiger partial charge < -0.3 is 0 Å². The largest absolute Gasteiger partial charge is 0.290 e. The number of hydrogen-bond acceptors (Lipinski definition) is 3. The Morgan fingerprint density at radius 2 is 1.92 bits per heavy atom. The van der Waals surface area contributed by atoms with Crippen LogP contribution in [0.25, 0.3) is 0 Å². The third kappa shape index (κ3) is 2.35. The van der Waals surface area contributed by atoms with E-state index >= 15 is 0 Å². The molecule has 0 unspecified atom stereocenters. The summed E-state index contributed by atoms with van der Waals surface area (Å²) in [4.78, 5) is 12.2. The second-order valence-electron chi connectivity index (χ2n) is 3.75. The molecule has 3 heteroatoms. The van der Waals surface area contributed by atoms with Crippen LogP contribution < -0.4 is 5.43 Å². The Hall–Kier alpha value is -0.280. The molecule has 0 saturated heterocycles. The minimum atomic E-state index is 0.0442. The Kier molecular flexibility index (Phi) is 2.64. The zero-order valence-electron chi connectivity index (χ0n) is 7.42. The minimum absolute atomic E-state index is 0.0442. The molecule has 66 valence electrons. The molecule has 1 nitrogen and oxygen atoms in total. The normalized spacial score (nSPS) is 11.7. The van der Waals surface area contributed by atoms with Crippen molar-refractivity contribution in [1.29, 1.82) is 0 Å². The molecular formula is C9H12OS2. The van der Waals surface area contributed by atoms with Crippen molar-refractivity contribution in [3.05, 3.63) is 27.2 Å². The van der Waals surface area contributed by atoms with E-state index in [0.29, 0.717) is 0 Å². The second kappa shape index (κ2) is 3.23. The van der Waals surface area contributed by atoms with Gasteiger partial charge in [0.1, 0.15) is 0 Å². The van der Waals surface area contributed by atoms with Crippen LogP contribution in [0.5, 0.6) is 0 Å². The number of hydrogen-bond donors (Lipinski definition) is 1. The maximum absolute atomic E-state index is 11.1. The highest BCUT2D eigenvalue weighted by atomic mass is 32.2. The average Bonchev–Trinajstić information content (AvgIpc) is 1.82. The van der Waals surface area contributed by atoms with E-state index in [1.54, 1.807) is 23.5 Å². The third-order valence-corrected chi connectivity index (χ3v) is 3.17. The molecule has 0 aliphatic rings. The Balaban J connectivity index is 3.27. The van der Waals surface area contributed by atoms with E-state index in [1.807, 2.05) is 0 Å². The van der Waals surface area contributed by atoms with Crippen LogP contribution in [-0.4, -0.2) is 0 Å². The van der Waals surface area contributed by atoms with Gasteiger partial charge in [0.2, 0.25) is 0 Å². The van der Waals surface area contributed by atoms with Gasteiger partial charge in [0.15, 0.2) is 5.43 Å². The lowest BCUT2D eigenvalue weighted by molar-refractivity contribution is 0.602. The van der Waals surface area contributed by atoms with Crippen molar-refractivity contribution in [2.75, 3.05) is 0 Å². The quantitative estimate of drug-likeness (QED) is 0.637. The Bertz CT molecular complexity index is 333. The first-order valence-electron chi connectivity index (χ1n) is 3.74. The molecule has 1 aromatic rings. The average molecular weight is 200 g/mol. The number of thiol groups is 1. The molecule has 1 rings (SSSR count). The molecule has 12 heavy (non-hydrogen) atoms. The van der Waals surface area contributed by atoms with E-state index in [1.165, 1.54) is 0 Å². The summed E-state index contributed by atoms with van der Waals surface area (Å²) in [6.45, 7) is 6.27. The standard InChI is InChI=1S/C9H12OS2/c1-9(2,3)7-4-6(10)5-8(11)12-7/h4-5,11H,1-3H3. The molecule has 0 aliphatic heterocycles. The molecule has 0 spiro atoms. The highest BCUT2D eigenvalue weighted by Gasteiger charge is 2.15. The van der Waals surface area contributed by atoms with Gasteiger partial charge in [0, 0.05) is 10.9 Å². The summed E-state index contributed by atoms with van der Waals surface area (Å²) in [7, 11) is 0. The van der Waals surface area contributed by atoms with E-state index < -0.39 is 0 Å². The summed E-state index contributed by atoms with van der Waals surface area (Å²) in [6.07, 6.45) is 0. The van der Waals surface area contributed by atoms with Gasteiger partial charge in [-0.15, -0.1) is 24.0 Å². The monoisotopic (exact) mass is 200 g/mol. The lowest BCUT2D eigenvalue weighted by atomic mass is 9.95. The van der Waals surface area contributed by atoms with Gasteiger partial charge in [-0.05, 0) is 11.5 Å². The van der Waals surface area contributed by atoms with Gasteiger partial charge >= 0.3 is 0 Å². The first kappa shape index (κ1) is 9.81. The third-order valence-electron chi connectivity index (χ3n) is 1.49. The van der Waals surface area contributed by atoms with Gasteiger partial charge in [-0.25, -0.2) is 0 Å². The molecule has 0 bridgehead atoms. The summed E-state index contributed by atoms with van der Waals surface area (Å²) >= 11 is 5.74. The van der Waals surface area contributed by atoms with Crippen molar-refractivity contribution in [2.45, 2.75) is 30.4 Å². The van der Waals surface area contributed by atoms with Crippen molar-refractivity contribution in [3.63, 3.8) is 0 Å². The summed E-state index contributed by atoms with van der Waals surface area (Å²) in [5.74, 6) is 0. The molecule has 0 saturated carbocycles. The fraction of sp³-hybridized carbons (Fsp3) is 0.444. The van der Waals surface area contributed by atoms with Crippen molar-refractivity contribution in [1.82, 2.24) is 0 Å². The summed E-state index contributed by atoms with van der Waals surface area (Å²) in [6, 6.07) is 3.23. The number of rotatable bonds is 0. The molecule has 0 radical (unpaired) electrons. The molecule has 0 N–H and O–H groups in total. The molecule has 0 atom stereocenters. The predicted molar refractivity (Wildman–Crippen MR) is 56.5 cm³/mol. The van der Waals surface area contributed by atoms with Crippen molar-refractivity contribution in [2.24, 2.45) is 0 Å². The van der Waals surface area contributed by atoms with Crippen LogP contribution in [0.1, 0.15) is 25.6 Å². The van der Waals surface area contributed by atoms with E-state index in [4.69, 9.17) is 0 Å². The maximum atomic E-state index is 11.1. The molecule has 1 aromatic heterocycles. The van der Waals surface area contributed by atoms with E-state index in [9.17, 15) is 4.79 Å². The SMILES string of the molecule is CC(C)(C)c1cc(=O)cc(S)s1. The first-order chi connectivity index (χ1) is 5.39. The zero-order chi connectivity index (χ0) is 9.35. The highest BCUT2D eigenvalue weighted by Crippen LogP contribution is 2.27. The Labute approximate surface area is 81.9 Å². The van der Waals surface area contributed by atoms with Crippen LogP contribution in [0, 0.1) is 0 Å². The fourth-order valence-electron chi connectivity index (χ4n) is 0.834. The topological polar surface area (TPSA) is 17.1 Å². The van der Waals surface area contributed by atoms with Crippen LogP contribution in [0.2, 0.25) is 0 Å². The summed E-state index contributed by atoms with van der Waals surface area (Å²) in [5, 5.41) is 0. The van der Waals surface area contributed by atoms with E-state index in [0.717, 1.165) is 9.09 Å². The minimum Gasteiger partial charge on any atom is -0.290 e. The zero-order valence-corrected chi connectivity index (χ0v) is 9.13. The lowest BCUT2D eigenvalue weighted by Gasteiger charge is -2.17. The van der Waals surface area contributed by atoms with Crippen LogP contribution >= 0.6 is 24.0 Å². The molecule has 0 amide bonds. The van der Waals surface area contributed by atoms with Gasteiger partial charge in [-0.2, -0.15) is 0 Å². The van der Waals surface area contributed by atoms with Crippen LogP contribution in [0.15, 0.2) is 21.1 Å². The molecular weight excluding hydrogens is 188 g/mol. The van der Waals surface area contributed by atoms with Gasteiger partial charge in [-0.3, -0.25) is 4.79 Å². The van der Waals surface area contributed by atoms with Crippen molar-refractivity contribution in [3.8, 4) is 0 Å². The van der Waals surface area contributed by atoms with Crippen LogP contribution in [0.3, 0.4) is 0 Å². The van der Waals surface area contributed by atoms with Gasteiger partial charge in [-0.1, -0.05) is 20.8 Å². The second-order valence-corrected chi connectivity index (χ2v) is 5.61. The lowest BCUT2D eigenvalue weighted by Crippen LogP contribution is -2.12. The van der Waals surface area contributed by atoms with E-state index in [-0.39, 0.29) is 10.8 Å². The van der Waals surface area contributed by atoms with Crippen molar-refractivity contribution < 1.29 is 0 Å². The van der Waals surface area contributed by atoms with Gasteiger partial charge in [0.05, 0.1) is 4.21 Å². The smallest absolute Gasteiger partial charge is 0.181 e. The Morgan fingerprint density at radius 1 is 1.33 bits per heavy atom. The highest BCUT2D eigenvalue weighted by molar-refractivity contribution is 7.82. The maximum Gasteiger partial charge on any atom is 0.181 e. The van der Waals surface area contributed by atoms with Crippen LogP contribution in [-0.2, 0) is 5.41 Å². The summed E-state index contributed by atoms with van der Waals surface area (Å²) < 4.78 is 0.785. The first-order valence-corrected chi connectivity index (χ1v) is 5.00. The molecule has 0 fully saturated rings. The summed E-state index contributed by atoms with van der Waals surface area (Å²) in [5.41, 5.74) is 0.0893. The van der Waals surface area contributed by atoms with Gasteiger partial charge in [0.25, 0.3) is 0 Å². The van der Waals surface area contributed by atoms with Crippen LogP contribution in [0.4, 0.5) is 0 Å². The Morgan fingerprint density at radius 3 is 2.33 bits per heavy atom. The predicted octanol–water partition coefficient (Wildman–Crippen LogP) is 2.69. The fourth-order valence-corrected chi connectivity index (χ4v) is 2.14. The molecule has 0 aromatic carbocycles. The molecule has 0 aliphatic carbocycles. The van der Waals surface area contributed by atoms with Crippen molar-refractivity contribution >= 4 is 24.0 Å². The van der Waals surface area contributed by atoms with E-state index in [2.05, 4.69) is 33.4 Å². The molecule has 1 heterocycles.